The van der Waals surface area contributed by atoms with Crippen LogP contribution < -0.4 is 0 Å². The molecule has 1 saturated carbocycles. The lowest BCUT2D eigenvalue weighted by molar-refractivity contribution is -0.126. The second-order valence-corrected chi connectivity index (χ2v) is 5.09. The Morgan fingerprint density at radius 2 is 2.00 bits per heavy atom. The summed E-state index contributed by atoms with van der Waals surface area (Å²) in [6.45, 7) is 2.17. The van der Waals surface area contributed by atoms with Crippen LogP contribution in [0.15, 0.2) is 42.0 Å². The van der Waals surface area contributed by atoms with Crippen molar-refractivity contribution in [1.29, 1.82) is 0 Å². The van der Waals surface area contributed by atoms with Gasteiger partial charge in [-0.1, -0.05) is 42.0 Å². The molecule has 2 bridgehead atoms. The molecule has 0 N–H and O–H groups in total. The van der Waals surface area contributed by atoms with Gasteiger partial charge in [-0.2, -0.15) is 0 Å². The highest BCUT2D eigenvalue weighted by molar-refractivity contribution is 5.95. The number of rotatable bonds is 1. The van der Waals surface area contributed by atoms with Gasteiger partial charge in [-0.25, -0.2) is 0 Å². The van der Waals surface area contributed by atoms with E-state index in [9.17, 15) is 4.79 Å². The molecular weight excluding hydrogens is 196 g/mol. The van der Waals surface area contributed by atoms with Gasteiger partial charge in [0.2, 0.25) is 0 Å². The van der Waals surface area contributed by atoms with Gasteiger partial charge in [-0.3, -0.25) is 4.79 Å². The summed E-state index contributed by atoms with van der Waals surface area (Å²) in [6.07, 6.45) is 5.14. The Balaban J connectivity index is 2.16. The number of hydrogen-bond acceptors (Lipinski definition) is 1. The second-order valence-electron chi connectivity index (χ2n) is 5.09. The Hall–Kier alpha value is -1.37. The van der Waals surface area contributed by atoms with E-state index < -0.39 is 0 Å². The fourth-order valence-electron chi connectivity index (χ4n) is 3.22. The van der Waals surface area contributed by atoms with Gasteiger partial charge in [0, 0.05) is 6.42 Å². The summed E-state index contributed by atoms with van der Waals surface area (Å²) in [5, 5.41) is 0. The van der Waals surface area contributed by atoms with Crippen molar-refractivity contribution in [2.24, 2.45) is 5.92 Å². The first-order chi connectivity index (χ1) is 7.72. The molecule has 1 aromatic rings. The zero-order chi connectivity index (χ0) is 11.2. The molecule has 82 valence electrons. The third kappa shape index (κ3) is 1.21. The maximum absolute atomic E-state index is 12.3. The van der Waals surface area contributed by atoms with Crippen LogP contribution in [0.2, 0.25) is 0 Å². The van der Waals surface area contributed by atoms with E-state index >= 15 is 0 Å². The molecule has 0 unspecified atom stereocenters. The van der Waals surface area contributed by atoms with E-state index in [2.05, 4.69) is 25.1 Å². The van der Waals surface area contributed by atoms with E-state index in [4.69, 9.17) is 0 Å². The largest absolute Gasteiger partial charge is 0.298 e. The van der Waals surface area contributed by atoms with Crippen molar-refractivity contribution in [2.45, 2.75) is 31.6 Å². The highest BCUT2D eigenvalue weighted by atomic mass is 16.1. The number of ketones is 1. The van der Waals surface area contributed by atoms with Crippen LogP contribution in [0.25, 0.3) is 0 Å². The molecule has 0 aromatic heterocycles. The van der Waals surface area contributed by atoms with Gasteiger partial charge < -0.3 is 0 Å². The van der Waals surface area contributed by atoms with E-state index in [-0.39, 0.29) is 5.41 Å². The van der Waals surface area contributed by atoms with Crippen LogP contribution in [0, 0.1) is 5.92 Å². The predicted molar refractivity (Wildman–Crippen MR) is 64.2 cm³/mol. The topological polar surface area (TPSA) is 17.1 Å². The minimum atomic E-state index is -0.292. The van der Waals surface area contributed by atoms with Gasteiger partial charge in [-0.05, 0) is 31.2 Å². The third-order valence-electron chi connectivity index (χ3n) is 4.22. The lowest BCUT2D eigenvalue weighted by atomic mass is 9.59. The molecular formula is C15H16O. The van der Waals surface area contributed by atoms with Gasteiger partial charge in [-0.15, -0.1) is 0 Å². The standard InChI is InChI=1S/C15H16O/c1-11-10-15(13-5-3-2-4-6-13)8-7-12(11)9-14(15)16/h2-6,10,12H,7-9H2,1H3/t12-,15-/m0/s1. The van der Waals surface area contributed by atoms with Crippen molar-refractivity contribution in [3.63, 3.8) is 0 Å². The minimum Gasteiger partial charge on any atom is -0.298 e. The highest BCUT2D eigenvalue weighted by Gasteiger charge is 2.46. The first-order valence-corrected chi connectivity index (χ1v) is 6.00. The molecule has 0 amide bonds. The fourth-order valence-corrected chi connectivity index (χ4v) is 3.22. The number of Topliss-reactive ketones (excluding diaryl/α,β-unsaturated/α-hetero) is 1. The molecule has 3 aliphatic carbocycles. The maximum Gasteiger partial charge on any atom is 0.147 e. The molecule has 0 saturated heterocycles. The Morgan fingerprint density at radius 1 is 1.25 bits per heavy atom. The molecule has 2 atom stereocenters. The highest BCUT2D eigenvalue weighted by Crippen LogP contribution is 2.47. The summed E-state index contributed by atoms with van der Waals surface area (Å²) in [5.41, 5.74) is 2.30. The Labute approximate surface area is 96.2 Å². The molecule has 1 heteroatoms. The molecule has 3 aliphatic rings. The number of allylic oxidation sites excluding steroid dienone is 2. The molecule has 0 spiro atoms. The van der Waals surface area contributed by atoms with Gasteiger partial charge in [0.05, 0.1) is 5.41 Å². The van der Waals surface area contributed by atoms with E-state index in [1.54, 1.807) is 0 Å². The summed E-state index contributed by atoms with van der Waals surface area (Å²) < 4.78 is 0. The van der Waals surface area contributed by atoms with Crippen LogP contribution in [0.5, 0.6) is 0 Å². The van der Waals surface area contributed by atoms with E-state index in [1.165, 1.54) is 17.6 Å². The average molecular weight is 212 g/mol. The van der Waals surface area contributed by atoms with E-state index in [1.807, 2.05) is 18.2 Å². The molecule has 4 rings (SSSR count). The monoisotopic (exact) mass is 212 g/mol. The summed E-state index contributed by atoms with van der Waals surface area (Å²) in [7, 11) is 0. The first kappa shape index (κ1) is 9.83. The van der Waals surface area contributed by atoms with Crippen molar-refractivity contribution in [1.82, 2.24) is 0 Å². The second kappa shape index (κ2) is 3.31. The van der Waals surface area contributed by atoms with Crippen LogP contribution in [0.3, 0.4) is 0 Å². The number of carbonyl (C=O) groups is 1. The maximum atomic E-state index is 12.3. The summed E-state index contributed by atoms with van der Waals surface area (Å²) in [5.74, 6) is 0.943. The lowest BCUT2D eigenvalue weighted by Crippen LogP contribution is -2.44. The zero-order valence-corrected chi connectivity index (χ0v) is 9.57. The summed E-state index contributed by atoms with van der Waals surface area (Å²) in [6, 6.07) is 10.2. The summed E-state index contributed by atoms with van der Waals surface area (Å²) in [4.78, 5) is 12.3. The lowest BCUT2D eigenvalue weighted by Gasteiger charge is -2.43. The number of hydrogen-bond donors (Lipinski definition) is 0. The van der Waals surface area contributed by atoms with Crippen LogP contribution in [-0.4, -0.2) is 5.78 Å². The molecule has 0 heterocycles. The average Bonchev–Trinajstić information content (AvgIpc) is 2.32. The van der Waals surface area contributed by atoms with Crippen molar-refractivity contribution in [3.05, 3.63) is 47.5 Å². The van der Waals surface area contributed by atoms with Crippen LogP contribution in [0.1, 0.15) is 31.7 Å². The third-order valence-corrected chi connectivity index (χ3v) is 4.22. The fraction of sp³-hybridized carbons (Fsp3) is 0.400. The van der Waals surface area contributed by atoms with Crippen molar-refractivity contribution in [2.75, 3.05) is 0 Å². The number of fused-ring (bicyclic) bond motifs is 2. The van der Waals surface area contributed by atoms with Crippen LogP contribution >= 0.6 is 0 Å². The molecule has 16 heavy (non-hydrogen) atoms. The molecule has 1 nitrogen and oxygen atoms in total. The van der Waals surface area contributed by atoms with Gasteiger partial charge in [0.15, 0.2) is 0 Å². The van der Waals surface area contributed by atoms with Gasteiger partial charge in [0.1, 0.15) is 5.78 Å². The van der Waals surface area contributed by atoms with Crippen molar-refractivity contribution >= 4 is 5.78 Å². The van der Waals surface area contributed by atoms with Gasteiger partial charge >= 0.3 is 0 Å². The van der Waals surface area contributed by atoms with Crippen molar-refractivity contribution < 1.29 is 4.79 Å². The van der Waals surface area contributed by atoms with Crippen LogP contribution in [-0.2, 0) is 10.2 Å². The molecule has 0 radical (unpaired) electrons. The number of benzene rings is 1. The molecule has 1 aromatic carbocycles. The van der Waals surface area contributed by atoms with E-state index in [0.29, 0.717) is 11.7 Å². The smallest absolute Gasteiger partial charge is 0.147 e. The SMILES string of the molecule is CC1=C[C@]2(c3ccccc3)CC[C@H]1CC2=O. The number of carbonyl (C=O) groups excluding carboxylic acids is 1. The first-order valence-electron chi connectivity index (χ1n) is 6.00. The Kier molecular flexibility index (Phi) is 2.03. The minimum absolute atomic E-state index is 0.292. The predicted octanol–water partition coefficient (Wildman–Crippen LogP) is 3.25. The Morgan fingerprint density at radius 3 is 2.62 bits per heavy atom. The summed E-state index contributed by atoms with van der Waals surface area (Å²) >= 11 is 0. The van der Waals surface area contributed by atoms with Crippen molar-refractivity contribution in [3.8, 4) is 0 Å². The van der Waals surface area contributed by atoms with Crippen LogP contribution in [0.4, 0.5) is 0 Å². The quantitative estimate of drug-likeness (QED) is 0.653. The zero-order valence-electron chi connectivity index (χ0n) is 9.57. The molecule has 0 aliphatic heterocycles. The normalized spacial score (nSPS) is 32.7. The Bertz CT molecular complexity index is 458. The molecule has 1 fully saturated rings. The van der Waals surface area contributed by atoms with E-state index in [0.717, 1.165) is 12.8 Å². The van der Waals surface area contributed by atoms with Gasteiger partial charge in [0.25, 0.3) is 0 Å².